The first-order chi connectivity index (χ1) is 14.2. The van der Waals surface area contributed by atoms with Crippen LogP contribution in [0.4, 0.5) is 4.39 Å². The Kier molecular flexibility index (Phi) is 5.53. The van der Waals surface area contributed by atoms with Gasteiger partial charge >= 0.3 is 0 Å². The molecule has 0 atom stereocenters. The largest absolute Gasteiger partial charge is 0.494 e. The number of nitrogens with one attached hydrogen (secondary N) is 1. The van der Waals surface area contributed by atoms with Crippen molar-refractivity contribution < 1.29 is 13.9 Å². The number of halogens is 1. The Hall–Kier alpha value is -3.26. The van der Waals surface area contributed by atoms with Crippen molar-refractivity contribution in [1.82, 2.24) is 19.9 Å². The normalized spacial score (nSPS) is 11.0. The quantitative estimate of drug-likeness (QED) is 0.501. The maximum atomic E-state index is 14.0. The van der Waals surface area contributed by atoms with Crippen molar-refractivity contribution in [3.8, 4) is 17.1 Å². The van der Waals surface area contributed by atoms with Gasteiger partial charge in [0.1, 0.15) is 11.6 Å². The minimum absolute atomic E-state index is 0.148. The van der Waals surface area contributed by atoms with Crippen LogP contribution < -0.4 is 10.1 Å². The Labute approximate surface area is 171 Å². The van der Waals surface area contributed by atoms with E-state index in [0.717, 1.165) is 11.4 Å². The second-order valence-corrected chi connectivity index (χ2v) is 7.14. The van der Waals surface area contributed by atoms with Gasteiger partial charge in [0.25, 0.3) is 5.91 Å². The van der Waals surface area contributed by atoms with Crippen LogP contribution in [0.3, 0.4) is 0 Å². The molecule has 0 aliphatic heterocycles. The Morgan fingerprint density at radius 3 is 2.76 bits per heavy atom. The maximum absolute atomic E-state index is 14.0. The molecular weight excluding hydrogens is 391 g/mol. The predicted molar refractivity (Wildman–Crippen MR) is 110 cm³/mol. The smallest absolute Gasteiger partial charge is 0.251 e. The molecule has 0 aliphatic carbocycles. The maximum Gasteiger partial charge on any atom is 0.251 e. The molecule has 1 N–H and O–H groups in total. The molecule has 0 spiro atoms. The highest BCUT2D eigenvalue weighted by molar-refractivity contribution is 7.15. The van der Waals surface area contributed by atoms with Crippen LogP contribution in [-0.2, 0) is 6.42 Å². The minimum atomic E-state index is -0.352. The molecule has 1 amide bonds. The average Bonchev–Trinajstić information content (AvgIpc) is 3.31. The minimum Gasteiger partial charge on any atom is -0.494 e. The molecule has 0 aliphatic rings. The summed E-state index contributed by atoms with van der Waals surface area (Å²) < 4.78 is 21.1. The van der Waals surface area contributed by atoms with Gasteiger partial charge < -0.3 is 10.1 Å². The van der Waals surface area contributed by atoms with E-state index in [1.165, 1.54) is 17.4 Å². The molecule has 0 saturated carbocycles. The molecule has 0 saturated heterocycles. The predicted octanol–water partition coefficient (Wildman–Crippen LogP) is 3.97. The molecular formula is C21H19FN4O2S. The fourth-order valence-electron chi connectivity index (χ4n) is 2.93. The van der Waals surface area contributed by atoms with Gasteiger partial charge in [-0.15, -0.1) is 16.4 Å². The van der Waals surface area contributed by atoms with Crippen molar-refractivity contribution in [1.29, 1.82) is 0 Å². The van der Waals surface area contributed by atoms with Crippen molar-refractivity contribution in [3.63, 3.8) is 0 Å². The number of benzene rings is 2. The highest BCUT2D eigenvalue weighted by Gasteiger charge is 2.14. The topological polar surface area (TPSA) is 68.5 Å². The molecule has 2 heterocycles. The summed E-state index contributed by atoms with van der Waals surface area (Å²) in [6, 6.07) is 13.5. The van der Waals surface area contributed by atoms with Gasteiger partial charge in [-0.1, -0.05) is 12.1 Å². The zero-order valence-corrected chi connectivity index (χ0v) is 16.6. The number of thiazole rings is 1. The van der Waals surface area contributed by atoms with E-state index >= 15 is 0 Å². The molecule has 2 aromatic carbocycles. The molecule has 2 aromatic heterocycles. The molecule has 0 fully saturated rings. The third kappa shape index (κ3) is 4.12. The molecule has 0 unspecified atom stereocenters. The van der Waals surface area contributed by atoms with Crippen LogP contribution in [0.15, 0.2) is 53.9 Å². The summed E-state index contributed by atoms with van der Waals surface area (Å²) in [5, 5.41) is 9.29. The Morgan fingerprint density at radius 2 is 2.00 bits per heavy atom. The molecule has 148 valence electrons. The summed E-state index contributed by atoms with van der Waals surface area (Å²) in [5.74, 6) is 0.594. The van der Waals surface area contributed by atoms with E-state index in [1.54, 1.807) is 47.0 Å². The molecule has 8 heteroatoms. The summed E-state index contributed by atoms with van der Waals surface area (Å²) in [7, 11) is 0. The van der Waals surface area contributed by atoms with Gasteiger partial charge in [-0.3, -0.25) is 4.79 Å². The van der Waals surface area contributed by atoms with Gasteiger partial charge in [-0.25, -0.2) is 8.91 Å². The van der Waals surface area contributed by atoms with E-state index in [-0.39, 0.29) is 11.7 Å². The first-order valence-corrected chi connectivity index (χ1v) is 10.1. The van der Waals surface area contributed by atoms with Gasteiger partial charge in [0.2, 0.25) is 4.96 Å². The molecule has 0 bridgehead atoms. The standard InChI is InChI=1S/C21H19FN4O2S/c1-2-28-16-9-7-14(8-10-16)20(27)23-12-11-15-13-29-21-24-19(25-26(15)21)17-5-3-4-6-18(17)22/h3-10,13H,2,11-12H2,1H3,(H,23,27). The number of amides is 1. The lowest BCUT2D eigenvalue weighted by Crippen LogP contribution is -2.25. The third-order valence-electron chi connectivity index (χ3n) is 4.36. The summed E-state index contributed by atoms with van der Waals surface area (Å²) >= 11 is 1.44. The van der Waals surface area contributed by atoms with Gasteiger partial charge in [0, 0.05) is 23.9 Å². The van der Waals surface area contributed by atoms with Crippen molar-refractivity contribution in [2.75, 3.05) is 13.2 Å². The summed E-state index contributed by atoms with van der Waals surface area (Å²) in [5.41, 5.74) is 1.86. The highest BCUT2D eigenvalue weighted by Crippen LogP contribution is 2.23. The highest BCUT2D eigenvalue weighted by atomic mass is 32.1. The number of rotatable bonds is 7. The molecule has 4 aromatic rings. The second-order valence-electron chi connectivity index (χ2n) is 6.30. The van der Waals surface area contributed by atoms with Crippen LogP contribution in [0.2, 0.25) is 0 Å². The number of nitrogens with zero attached hydrogens (tertiary/aromatic N) is 3. The Balaban J connectivity index is 1.41. The first kappa shape index (κ1) is 19.1. The van der Waals surface area contributed by atoms with E-state index in [0.29, 0.717) is 41.5 Å². The molecule has 0 radical (unpaired) electrons. The van der Waals surface area contributed by atoms with Crippen LogP contribution in [0.1, 0.15) is 23.0 Å². The summed E-state index contributed by atoms with van der Waals surface area (Å²) in [4.78, 5) is 17.4. The Bertz CT molecular complexity index is 1140. The van der Waals surface area contributed by atoms with Crippen LogP contribution in [0, 0.1) is 5.82 Å². The fraction of sp³-hybridized carbons (Fsp3) is 0.190. The van der Waals surface area contributed by atoms with Crippen molar-refractivity contribution in [2.45, 2.75) is 13.3 Å². The second kappa shape index (κ2) is 8.40. The lowest BCUT2D eigenvalue weighted by Gasteiger charge is -2.06. The summed E-state index contributed by atoms with van der Waals surface area (Å²) in [6.07, 6.45) is 0.586. The lowest BCUT2D eigenvalue weighted by atomic mass is 10.2. The van der Waals surface area contributed by atoms with Crippen molar-refractivity contribution in [2.24, 2.45) is 0 Å². The van der Waals surface area contributed by atoms with E-state index in [2.05, 4.69) is 15.4 Å². The van der Waals surface area contributed by atoms with Crippen molar-refractivity contribution in [3.05, 3.63) is 71.0 Å². The lowest BCUT2D eigenvalue weighted by molar-refractivity contribution is 0.0954. The fourth-order valence-corrected chi connectivity index (χ4v) is 3.78. The van der Waals surface area contributed by atoms with Gasteiger partial charge in [-0.2, -0.15) is 4.98 Å². The number of hydrogen-bond donors (Lipinski definition) is 1. The van der Waals surface area contributed by atoms with Crippen LogP contribution in [0.5, 0.6) is 5.75 Å². The first-order valence-electron chi connectivity index (χ1n) is 9.25. The average molecular weight is 410 g/mol. The van der Waals surface area contributed by atoms with E-state index in [9.17, 15) is 9.18 Å². The van der Waals surface area contributed by atoms with Gasteiger partial charge in [0.05, 0.1) is 17.9 Å². The summed E-state index contributed by atoms with van der Waals surface area (Å²) in [6.45, 7) is 2.95. The molecule has 29 heavy (non-hydrogen) atoms. The van der Waals surface area contributed by atoms with E-state index in [4.69, 9.17) is 4.74 Å². The molecule has 4 rings (SSSR count). The van der Waals surface area contributed by atoms with E-state index < -0.39 is 0 Å². The zero-order chi connectivity index (χ0) is 20.2. The SMILES string of the molecule is CCOc1ccc(C(=O)NCCc2csc3nc(-c4ccccc4F)nn23)cc1. The van der Waals surface area contributed by atoms with Crippen LogP contribution in [0.25, 0.3) is 16.3 Å². The Morgan fingerprint density at radius 1 is 1.21 bits per heavy atom. The van der Waals surface area contributed by atoms with Crippen molar-refractivity contribution >= 4 is 22.2 Å². The number of carbonyl (C=O) groups is 1. The number of aromatic nitrogens is 3. The number of hydrogen-bond acceptors (Lipinski definition) is 5. The van der Waals surface area contributed by atoms with Gasteiger partial charge in [0.15, 0.2) is 5.82 Å². The monoisotopic (exact) mass is 410 g/mol. The third-order valence-corrected chi connectivity index (χ3v) is 5.22. The number of ether oxygens (including phenoxy) is 1. The van der Waals surface area contributed by atoms with Crippen LogP contribution >= 0.6 is 11.3 Å². The van der Waals surface area contributed by atoms with E-state index in [1.807, 2.05) is 12.3 Å². The number of fused-ring (bicyclic) bond motifs is 1. The molecule has 6 nitrogen and oxygen atoms in total. The van der Waals surface area contributed by atoms with Crippen LogP contribution in [-0.4, -0.2) is 33.7 Å². The number of carbonyl (C=O) groups excluding carboxylic acids is 1. The van der Waals surface area contributed by atoms with Gasteiger partial charge in [-0.05, 0) is 43.3 Å². The zero-order valence-electron chi connectivity index (χ0n) is 15.8.